The minimum atomic E-state index is -0.859. The Morgan fingerprint density at radius 1 is 0.442 bits per heavy atom. The van der Waals surface area contributed by atoms with Crippen molar-refractivity contribution in [3.63, 3.8) is 0 Å². The van der Waals surface area contributed by atoms with Gasteiger partial charge in [-0.1, -0.05) is 217 Å². The molecule has 0 aromatic carbocycles. The second kappa shape index (κ2) is 44.0. The van der Waals surface area contributed by atoms with E-state index >= 15 is 0 Å². The molecule has 2 atom stereocenters. The zero-order valence-corrected chi connectivity index (χ0v) is 35.1. The quantitative estimate of drug-likeness (QED) is 0.0433. The van der Waals surface area contributed by atoms with Gasteiger partial charge in [0, 0.05) is 6.42 Å². The fourth-order valence-electron chi connectivity index (χ4n) is 7.01. The van der Waals surface area contributed by atoms with E-state index in [0.717, 1.165) is 32.1 Å². The van der Waals surface area contributed by atoms with Gasteiger partial charge in [-0.05, 0) is 57.8 Å². The molecule has 0 aromatic rings. The Morgan fingerprint density at radius 3 is 1.12 bits per heavy atom. The number of aliphatic hydroxyl groups is 2. The average molecular weight is 730 g/mol. The fourth-order valence-corrected chi connectivity index (χ4v) is 7.01. The smallest absolute Gasteiger partial charge is 0.220 e. The summed E-state index contributed by atoms with van der Waals surface area (Å²) in [5.41, 5.74) is 0. The summed E-state index contributed by atoms with van der Waals surface area (Å²) in [6, 6.07) is -0.636. The molecule has 0 aromatic heterocycles. The zero-order chi connectivity index (χ0) is 37.8. The zero-order valence-electron chi connectivity index (χ0n) is 35.1. The van der Waals surface area contributed by atoms with Gasteiger partial charge in [0.05, 0.1) is 18.8 Å². The summed E-state index contributed by atoms with van der Waals surface area (Å²) >= 11 is 0. The van der Waals surface area contributed by atoms with Crippen molar-refractivity contribution >= 4 is 5.91 Å². The van der Waals surface area contributed by atoms with Gasteiger partial charge in [0.25, 0.3) is 0 Å². The summed E-state index contributed by atoms with van der Waals surface area (Å²) in [6.45, 7) is 4.28. The van der Waals surface area contributed by atoms with Crippen LogP contribution < -0.4 is 5.32 Å². The third kappa shape index (κ3) is 39.8. The first-order valence-corrected chi connectivity index (χ1v) is 23.2. The highest BCUT2D eigenvalue weighted by atomic mass is 16.3. The second-order valence-electron chi connectivity index (χ2n) is 15.8. The van der Waals surface area contributed by atoms with Crippen LogP contribution in [0.2, 0.25) is 0 Å². The summed E-state index contributed by atoms with van der Waals surface area (Å²) in [4.78, 5) is 12.4. The van der Waals surface area contributed by atoms with Crippen molar-refractivity contribution in [3.05, 3.63) is 36.5 Å². The molecule has 0 fully saturated rings. The minimum Gasteiger partial charge on any atom is -0.394 e. The maximum atomic E-state index is 12.4. The molecule has 0 saturated carbocycles. The first-order valence-electron chi connectivity index (χ1n) is 23.2. The molecule has 0 heterocycles. The number of allylic oxidation sites excluding steroid dienone is 5. The molecular formula is C48H91NO3. The molecule has 1 amide bonds. The van der Waals surface area contributed by atoms with Gasteiger partial charge in [-0.25, -0.2) is 0 Å². The number of unbranched alkanes of at least 4 members (excludes halogenated alkanes) is 31. The number of aliphatic hydroxyl groups excluding tert-OH is 2. The molecule has 0 radical (unpaired) electrons. The molecule has 0 aliphatic rings. The summed E-state index contributed by atoms with van der Waals surface area (Å²) in [5, 5.41) is 22.9. The minimum absolute atomic E-state index is 0.0742. The summed E-state index contributed by atoms with van der Waals surface area (Å²) in [5.74, 6) is -0.0742. The first kappa shape index (κ1) is 50.6. The lowest BCUT2D eigenvalue weighted by Gasteiger charge is -2.19. The van der Waals surface area contributed by atoms with E-state index in [1.807, 2.05) is 6.08 Å². The highest BCUT2D eigenvalue weighted by molar-refractivity contribution is 5.76. The molecule has 0 aliphatic carbocycles. The third-order valence-electron chi connectivity index (χ3n) is 10.6. The molecule has 2 unspecified atom stereocenters. The normalized spacial score (nSPS) is 13.2. The van der Waals surface area contributed by atoms with Crippen LogP contribution in [0, 0.1) is 0 Å². The first-order chi connectivity index (χ1) is 25.7. The van der Waals surface area contributed by atoms with Gasteiger partial charge >= 0.3 is 0 Å². The summed E-state index contributed by atoms with van der Waals surface area (Å²) < 4.78 is 0. The molecule has 4 heteroatoms. The van der Waals surface area contributed by atoms with E-state index in [9.17, 15) is 15.0 Å². The van der Waals surface area contributed by atoms with Crippen molar-refractivity contribution in [1.29, 1.82) is 0 Å². The van der Waals surface area contributed by atoms with Crippen molar-refractivity contribution in [3.8, 4) is 0 Å². The van der Waals surface area contributed by atoms with E-state index in [1.54, 1.807) is 6.08 Å². The Labute approximate surface area is 325 Å². The van der Waals surface area contributed by atoms with Crippen molar-refractivity contribution in [2.75, 3.05) is 6.61 Å². The number of hydrogen-bond donors (Lipinski definition) is 3. The maximum Gasteiger partial charge on any atom is 0.220 e. The molecule has 3 N–H and O–H groups in total. The van der Waals surface area contributed by atoms with Crippen molar-refractivity contribution in [1.82, 2.24) is 5.32 Å². The number of rotatable bonds is 42. The predicted molar refractivity (Wildman–Crippen MR) is 230 cm³/mol. The molecule has 0 saturated heterocycles. The van der Waals surface area contributed by atoms with Gasteiger partial charge in [0.1, 0.15) is 0 Å². The van der Waals surface area contributed by atoms with Gasteiger partial charge in [-0.2, -0.15) is 0 Å². The topological polar surface area (TPSA) is 69.6 Å². The number of nitrogens with one attached hydrogen (secondary N) is 1. The molecule has 0 spiro atoms. The molecule has 0 rings (SSSR count). The van der Waals surface area contributed by atoms with Crippen LogP contribution in [0.15, 0.2) is 36.5 Å². The van der Waals surface area contributed by atoms with Gasteiger partial charge < -0.3 is 15.5 Å². The molecule has 306 valence electrons. The number of carbonyl (C=O) groups excluding carboxylic acids is 1. The Balaban J connectivity index is 3.47. The lowest BCUT2D eigenvalue weighted by molar-refractivity contribution is -0.123. The van der Waals surface area contributed by atoms with Gasteiger partial charge in [0.15, 0.2) is 0 Å². The van der Waals surface area contributed by atoms with E-state index in [-0.39, 0.29) is 12.5 Å². The van der Waals surface area contributed by atoms with Crippen molar-refractivity contribution in [2.45, 2.75) is 257 Å². The largest absolute Gasteiger partial charge is 0.394 e. The Morgan fingerprint density at radius 2 is 0.750 bits per heavy atom. The molecule has 0 bridgehead atoms. The van der Waals surface area contributed by atoms with E-state index in [1.165, 1.54) is 193 Å². The number of carbonyl (C=O) groups is 1. The molecular weight excluding hydrogens is 639 g/mol. The van der Waals surface area contributed by atoms with Crippen LogP contribution in [0.5, 0.6) is 0 Å². The SMILES string of the molecule is CCCCCCC/C=C/CC/C=C/C(O)C(CO)NC(=O)CCCCCCCCCCCCCCC/C=C\CCCCCCCCCCCCCC. The van der Waals surface area contributed by atoms with E-state index in [0.29, 0.717) is 6.42 Å². The number of hydrogen-bond acceptors (Lipinski definition) is 3. The summed E-state index contributed by atoms with van der Waals surface area (Å²) in [7, 11) is 0. The van der Waals surface area contributed by atoms with Crippen LogP contribution in [0.4, 0.5) is 0 Å². The highest BCUT2D eigenvalue weighted by Crippen LogP contribution is 2.15. The average Bonchev–Trinajstić information content (AvgIpc) is 3.15. The number of amides is 1. The van der Waals surface area contributed by atoms with Crippen molar-refractivity contribution in [2.24, 2.45) is 0 Å². The van der Waals surface area contributed by atoms with E-state index in [2.05, 4.69) is 43.5 Å². The molecule has 4 nitrogen and oxygen atoms in total. The standard InChI is InChI=1S/C48H91NO3/c1-3-5-7-9-11-13-15-16-17-18-19-20-21-22-23-24-25-26-27-28-29-30-31-32-34-36-38-40-42-44-48(52)49-46(45-50)47(51)43-41-39-37-35-33-14-12-10-8-6-4-2/h22-23,33,35,41,43,46-47,50-51H,3-21,24-32,34,36-40,42,44-45H2,1-2H3,(H,49,52)/b23-22-,35-33+,43-41+. The third-order valence-corrected chi connectivity index (χ3v) is 10.6. The summed E-state index contributed by atoms with van der Waals surface area (Å²) in [6.07, 6.45) is 58.5. The lowest BCUT2D eigenvalue weighted by Crippen LogP contribution is -2.45. The highest BCUT2D eigenvalue weighted by Gasteiger charge is 2.17. The Kier molecular flexibility index (Phi) is 42.8. The maximum absolute atomic E-state index is 12.4. The lowest BCUT2D eigenvalue weighted by atomic mass is 10.0. The fraction of sp³-hybridized carbons (Fsp3) is 0.854. The van der Waals surface area contributed by atoms with Crippen LogP contribution in [-0.2, 0) is 4.79 Å². The Hall–Kier alpha value is -1.39. The van der Waals surface area contributed by atoms with Gasteiger partial charge in [-0.15, -0.1) is 0 Å². The van der Waals surface area contributed by atoms with Gasteiger partial charge in [0.2, 0.25) is 5.91 Å². The second-order valence-corrected chi connectivity index (χ2v) is 15.8. The van der Waals surface area contributed by atoms with Crippen LogP contribution in [0.1, 0.15) is 245 Å². The van der Waals surface area contributed by atoms with Crippen LogP contribution in [0.3, 0.4) is 0 Å². The van der Waals surface area contributed by atoms with E-state index < -0.39 is 12.1 Å². The molecule has 0 aliphatic heterocycles. The molecule has 52 heavy (non-hydrogen) atoms. The van der Waals surface area contributed by atoms with Crippen LogP contribution in [-0.4, -0.2) is 34.9 Å². The van der Waals surface area contributed by atoms with Crippen molar-refractivity contribution < 1.29 is 15.0 Å². The predicted octanol–water partition coefficient (Wildman–Crippen LogP) is 14.6. The van der Waals surface area contributed by atoms with Crippen LogP contribution >= 0.6 is 0 Å². The van der Waals surface area contributed by atoms with Crippen LogP contribution in [0.25, 0.3) is 0 Å². The Bertz CT molecular complexity index is 790. The monoisotopic (exact) mass is 730 g/mol. The van der Waals surface area contributed by atoms with Gasteiger partial charge in [-0.3, -0.25) is 4.79 Å². The van der Waals surface area contributed by atoms with E-state index in [4.69, 9.17) is 0 Å².